The number of hydrogen-bond acceptors (Lipinski definition) is 3. The number of phenolic OH excluding ortho intramolecular Hbond substituents is 1. The van der Waals surface area contributed by atoms with Gasteiger partial charge in [-0.1, -0.05) is 26.0 Å². The van der Waals surface area contributed by atoms with E-state index in [0.717, 1.165) is 23.6 Å². The molecule has 0 bridgehead atoms. The number of aromatic hydroxyl groups is 1. The second kappa shape index (κ2) is 5.53. The molecule has 0 unspecified atom stereocenters. The maximum absolute atomic E-state index is 12.2. The van der Waals surface area contributed by atoms with E-state index >= 15 is 0 Å². The topological polar surface area (TPSA) is 46.5 Å². The van der Waals surface area contributed by atoms with Crippen LogP contribution in [-0.2, 0) is 4.74 Å². The summed E-state index contributed by atoms with van der Waals surface area (Å²) >= 11 is 0. The first kappa shape index (κ1) is 14.4. The molecule has 0 atom stereocenters. The molecule has 2 rings (SSSR count). The van der Waals surface area contributed by atoms with Crippen LogP contribution < -0.4 is 0 Å². The van der Waals surface area contributed by atoms with Crippen molar-refractivity contribution in [3.63, 3.8) is 0 Å². The molecule has 0 aliphatic heterocycles. The van der Waals surface area contributed by atoms with E-state index in [4.69, 9.17) is 4.74 Å². The maximum atomic E-state index is 12.2. The van der Waals surface area contributed by atoms with Crippen LogP contribution >= 0.6 is 0 Å². The summed E-state index contributed by atoms with van der Waals surface area (Å²) in [5, 5.41) is 11.2. The SMILES string of the molecule is CCC(C)(CC)OC(=O)c1ccc2cc(O)ccc2c1. The molecule has 3 heteroatoms. The Morgan fingerprint density at radius 3 is 2.35 bits per heavy atom. The maximum Gasteiger partial charge on any atom is 0.338 e. The van der Waals surface area contributed by atoms with Crippen molar-refractivity contribution in [3.05, 3.63) is 42.0 Å². The van der Waals surface area contributed by atoms with Crippen molar-refractivity contribution in [2.24, 2.45) is 0 Å². The van der Waals surface area contributed by atoms with Gasteiger partial charge in [0.2, 0.25) is 0 Å². The summed E-state index contributed by atoms with van der Waals surface area (Å²) in [5.41, 5.74) is 0.123. The number of phenols is 1. The minimum atomic E-state index is -0.416. The standard InChI is InChI=1S/C17H20O3/c1-4-17(3,5-2)20-16(19)14-7-6-13-11-15(18)9-8-12(13)10-14/h6-11,18H,4-5H2,1-3H3. The van der Waals surface area contributed by atoms with Crippen molar-refractivity contribution in [2.45, 2.75) is 39.2 Å². The Bertz CT molecular complexity index is 627. The van der Waals surface area contributed by atoms with Crippen molar-refractivity contribution >= 4 is 16.7 Å². The normalized spacial score (nSPS) is 11.6. The summed E-state index contributed by atoms with van der Waals surface area (Å²) in [7, 11) is 0. The first-order valence-electron chi connectivity index (χ1n) is 6.93. The highest BCUT2D eigenvalue weighted by molar-refractivity contribution is 5.95. The van der Waals surface area contributed by atoms with E-state index in [1.165, 1.54) is 0 Å². The molecule has 2 aromatic rings. The van der Waals surface area contributed by atoms with E-state index in [1.807, 2.05) is 26.8 Å². The van der Waals surface area contributed by atoms with Gasteiger partial charge in [0, 0.05) is 0 Å². The molecule has 0 fully saturated rings. The third-order valence-corrected chi connectivity index (χ3v) is 3.89. The highest BCUT2D eigenvalue weighted by Gasteiger charge is 2.25. The number of rotatable bonds is 4. The molecule has 106 valence electrons. The number of hydrogen-bond donors (Lipinski definition) is 1. The zero-order valence-corrected chi connectivity index (χ0v) is 12.1. The molecule has 3 nitrogen and oxygen atoms in total. The Labute approximate surface area is 119 Å². The van der Waals surface area contributed by atoms with Crippen LogP contribution in [-0.4, -0.2) is 16.7 Å². The Kier molecular flexibility index (Phi) is 3.98. The minimum Gasteiger partial charge on any atom is -0.508 e. The fourth-order valence-electron chi connectivity index (χ4n) is 2.04. The quantitative estimate of drug-likeness (QED) is 0.845. The van der Waals surface area contributed by atoms with Crippen LogP contribution in [0.4, 0.5) is 0 Å². The molecule has 0 heterocycles. The molecule has 0 saturated carbocycles. The van der Waals surface area contributed by atoms with Crippen LogP contribution in [0, 0.1) is 0 Å². The summed E-state index contributed by atoms with van der Waals surface area (Å²) in [5.74, 6) is -0.0801. The summed E-state index contributed by atoms with van der Waals surface area (Å²) in [6, 6.07) is 10.4. The van der Waals surface area contributed by atoms with Gasteiger partial charge in [-0.05, 0) is 54.8 Å². The Morgan fingerprint density at radius 2 is 1.70 bits per heavy atom. The zero-order valence-electron chi connectivity index (χ0n) is 12.1. The Hall–Kier alpha value is -2.03. The lowest BCUT2D eigenvalue weighted by Gasteiger charge is -2.26. The molecular formula is C17H20O3. The second-order valence-electron chi connectivity index (χ2n) is 5.29. The highest BCUT2D eigenvalue weighted by atomic mass is 16.6. The lowest BCUT2D eigenvalue weighted by Crippen LogP contribution is -2.30. The van der Waals surface area contributed by atoms with Gasteiger partial charge in [-0.3, -0.25) is 0 Å². The van der Waals surface area contributed by atoms with Gasteiger partial charge in [0.05, 0.1) is 5.56 Å². The van der Waals surface area contributed by atoms with Gasteiger partial charge in [-0.15, -0.1) is 0 Å². The largest absolute Gasteiger partial charge is 0.508 e. The summed E-state index contributed by atoms with van der Waals surface area (Å²) in [6.07, 6.45) is 1.58. The van der Waals surface area contributed by atoms with Gasteiger partial charge in [-0.25, -0.2) is 4.79 Å². The third kappa shape index (κ3) is 2.93. The van der Waals surface area contributed by atoms with Crippen LogP contribution in [0.25, 0.3) is 10.8 Å². The number of fused-ring (bicyclic) bond motifs is 1. The molecule has 2 aromatic carbocycles. The fourth-order valence-corrected chi connectivity index (χ4v) is 2.04. The lowest BCUT2D eigenvalue weighted by atomic mass is 10.00. The van der Waals surface area contributed by atoms with Gasteiger partial charge in [0.25, 0.3) is 0 Å². The van der Waals surface area contributed by atoms with Gasteiger partial charge in [-0.2, -0.15) is 0 Å². The van der Waals surface area contributed by atoms with Crippen molar-refractivity contribution < 1.29 is 14.6 Å². The van der Waals surface area contributed by atoms with Gasteiger partial charge < -0.3 is 9.84 Å². The minimum absolute atomic E-state index is 0.220. The molecule has 0 aliphatic rings. The van der Waals surface area contributed by atoms with E-state index in [2.05, 4.69) is 0 Å². The van der Waals surface area contributed by atoms with E-state index < -0.39 is 5.60 Å². The Morgan fingerprint density at radius 1 is 1.10 bits per heavy atom. The zero-order chi connectivity index (χ0) is 14.8. The van der Waals surface area contributed by atoms with E-state index in [1.54, 1.807) is 30.3 Å². The van der Waals surface area contributed by atoms with E-state index in [9.17, 15) is 9.90 Å². The van der Waals surface area contributed by atoms with Crippen LogP contribution in [0.15, 0.2) is 36.4 Å². The highest BCUT2D eigenvalue weighted by Crippen LogP contribution is 2.24. The van der Waals surface area contributed by atoms with Crippen LogP contribution in [0.1, 0.15) is 44.0 Å². The third-order valence-electron chi connectivity index (χ3n) is 3.89. The molecule has 1 N–H and O–H groups in total. The molecule has 0 aliphatic carbocycles. The summed E-state index contributed by atoms with van der Waals surface area (Å²) in [4.78, 5) is 12.2. The average Bonchev–Trinajstić information content (AvgIpc) is 2.46. The number of carbonyl (C=O) groups is 1. The van der Waals surface area contributed by atoms with Gasteiger partial charge >= 0.3 is 5.97 Å². The Balaban J connectivity index is 2.29. The molecule has 0 aromatic heterocycles. The first-order chi connectivity index (χ1) is 9.47. The van der Waals surface area contributed by atoms with Gasteiger partial charge in [0.1, 0.15) is 11.4 Å². The van der Waals surface area contributed by atoms with Crippen LogP contribution in [0.2, 0.25) is 0 Å². The average molecular weight is 272 g/mol. The molecule has 20 heavy (non-hydrogen) atoms. The summed E-state index contributed by atoms with van der Waals surface area (Å²) in [6.45, 7) is 5.98. The number of ether oxygens (including phenoxy) is 1. The predicted octanol–water partition coefficient (Wildman–Crippen LogP) is 4.28. The van der Waals surface area contributed by atoms with Crippen molar-refractivity contribution in [2.75, 3.05) is 0 Å². The molecular weight excluding hydrogens is 252 g/mol. The first-order valence-corrected chi connectivity index (χ1v) is 6.93. The van der Waals surface area contributed by atoms with E-state index in [0.29, 0.717) is 5.56 Å². The monoisotopic (exact) mass is 272 g/mol. The van der Waals surface area contributed by atoms with Crippen LogP contribution in [0.3, 0.4) is 0 Å². The van der Waals surface area contributed by atoms with Crippen molar-refractivity contribution in [3.8, 4) is 5.75 Å². The smallest absolute Gasteiger partial charge is 0.338 e. The summed E-state index contributed by atoms with van der Waals surface area (Å²) < 4.78 is 5.61. The number of benzene rings is 2. The number of esters is 1. The molecule has 0 saturated heterocycles. The van der Waals surface area contributed by atoms with Gasteiger partial charge in [0.15, 0.2) is 0 Å². The second-order valence-corrected chi connectivity index (χ2v) is 5.29. The lowest BCUT2D eigenvalue weighted by molar-refractivity contribution is -0.0130. The molecule has 0 radical (unpaired) electrons. The molecule has 0 spiro atoms. The van der Waals surface area contributed by atoms with Crippen molar-refractivity contribution in [1.29, 1.82) is 0 Å². The van der Waals surface area contributed by atoms with E-state index in [-0.39, 0.29) is 11.7 Å². The van der Waals surface area contributed by atoms with Crippen molar-refractivity contribution in [1.82, 2.24) is 0 Å². The molecule has 0 amide bonds. The van der Waals surface area contributed by atoms with Crippen LogP contribution in [0.5, 0.6) is 5.75 Å². The predicted molar refractivity (Wildman–Crippen MR) is 80.0 cm³/mol. The number of carbonyl (C=O) groups excluding carboxylic acids is 1. The fraction of sp³-hybridized carbons (Fsp3) is 0.353.